The Hall–Kier alpha value is -2.15. The molecule has 7 heteroatoms. The topological polar surface area (TPSA) is 65.1 Å². The third kappa shape index (κ3) is 6.42. The van der Waals surface area contributed by atoms with Crippen molar-refractivity contribution >= 4 is 12.1 Å². The molecule has 29 heavy (non-hydrogen) atoms. The molecule has 1 fully saturated rings. The van der Waals surface area contributed by atoms with Gasteiger partial charge in [0, 0.05) is 0 Å². The van der Waals surface area contributed by atoms with Crippen LogP contribution in [0, 0.1) is 11.7 Å². The summed E-state index contributed by atoms with van der Waals surface area (Å²) in [4.78, 5) is 27.0. The molecule has 0 N–H and O–H groups in total. The molecule has 1 amide bonds. The van der Waals surface area contributed by atoms with Gasteiger partial charge in [0.05, 0.1) is 25.2 Å². The number of halogens is 1. The van der Waals surface area contributed by atoms with Crippen molar-refractivity contribution in [3.8, 4) is 0 Å². The highest BCUT2D eigenvalue weighted by atomic mass is 19.1. The number of esters is 1. The Morgan fingerprint density at radius 2 is 1.90 bits per heavy atom. The summed E-state index contributed by atoms with van der Waals surface area (Å²) in [6.07, 6.45) is 0.270. The van der Waals surface area contributed by atoms with Gasteiger partial charge >= 0.3 is 12.1 Å². The minimum Gasteiger partial charge on any atom is -0.466 e. The summed E-state index contributed by atoms with van der Waals surface area (Å²) in [6.45, 7) is 11.3. The second-order valence-electron chi connectivity index (χ2n) is 8.78. The van der Waals surface area contributed by atoms with E-state index >= 15 is 0 Å². The summed E-state index contributed by atoms with van der Waals surface area (Å²) in [6, 6.07) is 5.71. The maximum Gasteiger partial charge on any atom is 0.412 e. The van der Waals surface area contributed by atoms with Gasteiger partial charge in [-0.05, 0) is 72.1 Å². The van der Waals surface area contributed by atoms with Gasteiger partial charge in [0.25, 0.3) is 0 Å². The van der Waals surface area contributed by atoms with Crippen molar-refractivity contribution in [3.05, 3.63) is 35.6 Å². The lowest BCUT2D eigenvalue weighted by Gasteiger charge is -2.35. The molecular weight excluding hydrogens is 377 g/mol. The Bertz CT molecular complexity index is 711. The summed E-state index contributed by atoms with van der Waals surface area (Å²) in [7, 11) is 0. The van der Waals surface area contributed by atoms with Crippen LogP contribution in [0.1, 0.15) is 53.5 Å². The second kappa shape index (κ2) is 9.11. The van der Waals surface area contributed by atoms with Gasteiger partial charge in [-0.3, -0.25) is 9.69 Å². The van der Waals surface area contributed by atoms with Gasteiger partial charge in [-0.2, -0.15) is 0 Å². The van der Waals surface area contributed by atoms with E-state index in [-0.39, 0.29) is 24.4 Å². The first-order valence-corrected chi connectivity index (χ1v) is 10.0. The standard InChI is InChI=1S/C22H32FNO5/c1-7-27-19(25)16(12-15-8-10-17(23)11-9-15)13-18-14-28-22(5,6)24(18)20(26)29-21(2,3)4/h8-11,16,18H,7,12-14H2,1-6H3/t16?,18-/m1/s1. The fourth-order valence-electron chi connectivity index (χ4n) is 3.49. The first-order chi connectivity index (χ1) is 13.4. The lowest BCUT2D eigenvalue weighted by Crippen LogP contribution is -2.50. The molecule has 0 spiro atoms. The van der Waals surface area contributed by atoms with Gasteiger partial charge in [0.15, 0.2) is 0 Å². The molecule has 162 valence electrons. The largest absolute Gasteiger partial charge is 0.466 e. The van der Waals surface area contributed by atoms with Crippen LogP contribution in [0.2, 0.25) is 0 Å². The van der Waals surface area contributed by atoms with Gasteiger partial charge in [-0.15, -0.1) is 0 Å². The average Bonchev–Trinajstić information content (AvgIpc) is 2.89. The molecular formula is C22H32FNO5. The first kappa shape index (κ1) is 23.1. The highest BCUT2D eigenvalue weighted by Gasteiger charge is 2.46. The van der Waals surface area contributed by atoms with Crippen molar-refractivity contribution in [2.75, 3.05) is 13.2 Å². The molecule has 0 aromatic heterocycles. The van der Waals surface area contributed by atoms with Crippen molar-refractivity contribution in [2.45, 2.75) is 71.8 Å². The Balaban J connectivity index is 2.21. The molecule has 1 aromatic carbocycles. The van der Waals surface area contributed by atoms with Gasteiger partial charge in [0.2, 0.25) is 0 Å². The molecule has 0 saturated carbocycles. The van der Waals surface area contributed by atoms with E-state index in [9.17, 15) is 14.0 Å². The van der Waals surface area contributed by atoms with Crippen LogP contribution in [0.15, 0.2) is 24.3 Å². The molecule has 2 rings (SSSR count). The van der Waals surface area contributed by atoms with Crippen LogP contribution in [0.4, 0.5) is 9.18 Å². The number of rotatable bonds is 6. The monoisotopic (exact) mass is 409 g/mol. The van der Waals surface area contributed by atoms with Crippen LogP contribution in [-0.2, 0) is 25.4 Å². The number of nitrogens with zero attached hydrogens (tertiary/aromatic N) is 1. The van der Waals surface area contributed by atoms with E-state index in [1.54, 1.807) is 58.6 Å². The molecule has 6 nitrogen and oxygen atoms in total. The zero-order chi connectivity index (χ0) is 21.8. The molecule has 1 aliphatic rings. The van der Waals surface area contributed by atoms with Crippen LogP contribution < -0.4 is 0 Å². The molecule has 1 saturated heterocycles. The molecule has 1 heterocycles. The maximum atomic E-state index is 13.2. The van der Waals surface area contributed by atoms with Crippen LogP contribution in [0.3, 0.4) is 0 Å². The van der Waals surface area contributed by atoms with Crippen molar-refractivity contribution < 1.29 is 28.2 Å². The quantitative estimate of drug-likeness (QED) is 0.655. The molecule has 0 radical (unpaired) electrons. The minimum absolute atomic E-state index is 0.265. The van der Waals surface area contributed by atoms with Crippen molar-refractivity contribution in [1.29, 1.82) is 0 Å². The molecule has 1 unspecified atom stereocenters. The van der Waals surface area contributed by atoms with Crippen molar-refractivity contribution in [1.82, 2.24) is 4.90 Å². The maximum absolute atomic E-state index is 13.2. The Labute approximate surface area is 172 Å². The van der Waals surface area contributed by atoms with E-state index in [1.807, 2.05) is 0 Å². The smallest absolute Gasteiger partial charge is 0.412 e. The predicted octanol–water partition coefficient (Wildman–Crippen LogP) is 4.31. The van der Waals surface area contributed by atoms with E-state index < -0.39 is 23.3 Å². The number of amides is 1. The highest BCUT2D eigenvalue weighted by Crippen LogP contribution is 2.33. The van der Waals surface area contributed by atoms with Crippen LogP contribution in [0.5, 0.6) is 0 Å². The summed E-state index contributed by atoms with van der Waals surface area (Å²) in [5, 5.41) is 0. The summed E-state index contributed by atoms with van der Waals surface area (Å²) in [5.74, 6) is -1.16. The van der Waals surface area contributed by atoms with Gasteiger partial charge in [-0.1, -0.05) is 12.1 Å². The number of carbonyl (C=O) groups is 2. The summed E-state index contributed by atoms with van der Waals surface area (Å²) >= 11 is 0. The number of hydrogen-bond acceptors (Lipinski definition) is 5. The van der Waals surface area contributed by atoms with Crippen LogP contribution in [-0.4, -0.2) is 47.5 Å². The van der Waals surface area contributed by atoms with E-state index in [4.69, 9.17) is 14.2 Å². The van der Waals surface area contributed by atoms with E-state index in [1.165, 1.54) is 12.1 Å². The Morgan fingerprint density at radius 3 is 2.45 bits per heavy atom. The normalized spacial score (nSPS) is 19.7. The Kier molecular flexibility index (Phi) is 7.27. The minimum atomic E-state index is -0.845. The van der Waals surface area contributed by atoms with Crippen LogP contribution >= 0.6 is 0 Å². The number of carbonyl (C=O) groups excluding carboxylic acids is 2. The third-order valence-electron chi connectivity index (χ3n) is 4.74. The SMILES string of the molecule is CCOC(=O)C(Cc1ccc(F)cc1)C[C@@H]1COC(C)(C)N1C(=O)OC(C)(C)C. The van der Waals surface area contributed by atoms with Gasteiger partial charge in [0.1, 0.15) is 17.1 Å². The Morgan fingerprint density at radius 1 is 1.28 bits per heavy atom. The van der Waals surface area contributed by atoms with Gasteiger partial charge < -0.3 is 14.2 Å². The molecule has 0 aliphatic carbocycles. The molecule has 1 aromatic rings. The van der Waals surface area contributed by atoms with Gasteiger partial charge in [-0.25, -0.2) is 9.18 Å². The zero-order valence-electron chi connectivity index (χ0n) is 18.2. The zero-order valence-corrected chi connectivity index (χ0v) is 18.2. The van der Waals surface area contributed by atoms with E-state index in [0.717, 1.165) is 5.56 Å². The van der Waals surface area contributed by atoms with E-state index in [0.29, 0.717) is 19.4 Å². The predicted molar refractivity (Wildman–Crippen MR) is 107 cm³/mol. The number of benzene rings is 1. The first-order valence-electron chi connectivity index (χ1n) is 10.0. The molecule has 2 atom stereocenters. The number of hydrogen-bond donors (Lipinski definition) is 0. The summed E-state index contributed by atoms with van der Waals surface area (Å²) in [5.41, 5.74) is -0.664. The summed E-state index contributed by atoms with van der Waals surface area (Å²) < 4.78 is 29.9. The van der Waals surface area contributed by atoms with Crippen LogP contribution in [0.25, 0.3) is 0 Å². The second-order valence-corrected chi connectivity index (χ2v) is 8.78. The van der Waals surface area contributed by atoms with E-state index in [2.05, 4.69) is 0 Å². The van der Waals surface area contributed by atoms with Crippen molar-refractivity contribution in [3.63, 3.8) is 0 Å². The average molecular weight is 409 g/mol. The lowest BCUT2D eigenvalue weighted by molar-refractivity contribution is -0.148. The fraction of sp³-hybridized carbons (Fsp3) is 0.636. The molecule has 1 aliphatic heterocycles. The lowest BCUT2D eigenvalue weighted by atomic mass is 9.92. The third-order valence-corrected chi connectivity index (χ3v) is 4.74. The fourth-order valence-corrected chi connectivity index (χ4v) is 3.49. The highest BCUT2D eigenvalue weighted by molar-refractivity contribution is 5.73. The molecule has 0 bridgehead atoms. The number of ether oxygens (including phenoxy) is 3. The van der Waals surface area contributed by atoms with Crippen molar-refractivity contribution in [2.24, 2.45) is 5.92 Å².